The maximum absolute atomic E-state index is 9.12. The van der Waals surface area contributed by atoms with Crippen LogP contribution in [0.25, 0.3) is 0 Å². The highest BCUT2D eigenvalue weighted by Crippen LogP contribution is 2.15. The summed E-state index contributed by atoms with van der Waals surface area (Å²) in [6.07, 6.45) is 2.29. The predicted octanol–water partition coefficient (Wildman–Crippen LogP) is 0.753. The first kappa shape index (κ1) is 9.67. The Morgan fingerprint density at radius 1 is 1.33 bits per heavy atom. The normalized spacial score (nSPS) is 12.6. The minimum Gasteiger partial charge on any atom is -0.508 e. The molecule has 1 unspecified atom stereocenters. The Morgan fingerprint density at radius 3 is 2.67 bits per heavy atom. The zero-order valence-electron chi connectivity index (χ0n) is 8.09. The van der Waals surface area contributed by atoms with Crippen molar-refractivity contribution in [3.8, 4) is 5.75 Å². The Morgan fingerprint density at radius 2 is 2.07 bits per heavy atom. The zero-order chi connectivity index (χ0) is 10.7. The highest BCUT2D eigenvalue weighted by molar-refractivity contribution is 5.27. The van der Waals surface area contributed by atoms with Gasteiger partial charge in [0.1, 0.15) is 5.75 Å². The second kappa shape index (κ2) is 4.10. The molecular weight excluding hydrogens is 192 g/mol. The van der Waals surface area contributed by atoms with Crippen molar-refractivity contribution in [2.75, 3.05) is 0 Å². The molecule has 1 atom stereocenters. The molecule has 15 heavy (non-hydrogen) atoms. The molecule has 1 aromatic carbocycles. The van der Waals surface area contributed by atoms with Gasteiger partial charge in [-0.25, -0.2) is 0 Å². The molecule has 78 valence electrons. The summed E-state index contributed by atoms with van der Waals surface area (Å²) in [4.78, 5) is 0. The van der Waals surface area contributed by atoms with Gasteiger partial charge in [-0.15, -0.1) is 0 Å². The van der Waals surface area contributed by atoms with Crippen LogP contribution < -0.4 is 5.73 Å². The topological polar surface area (TPSA) is 87.8 Å². The molecule has 0 spiro atoms. The van der Waals surface area contributed by atoms with Crippen LogP contribution in [0.1, 0.15) is 17.3 Å². The number of nitrogens with zero attached hydrogens (tertiary/aromatic N) is 2. The van der Waals surface area contributed by atoms with Gasteiger partial charge >= 0.3 is 0 Å². The van der Waals surface area contributed by atoms with Crippen molar-refractivity contribution < 1.29 is 5.11 Å². The van der Waals surface area contributed by atoms with Crippen molar-refractivity contribution in [3.05, 3.63) is 41.7 Å². The van der Waals surface area contributed by atoms with Gasteiger partial charge in [0.05, 0.1) is 17.9 Å². The molecule has 1 aromatic heterocycles. The minimum absolute atomic E-state index is 0.173. The Kier molecular flexibility index (Phi) is 2.64. The third-order valence-electron chi connectivity index (χ3n) is 2.21. The Labute approximate surface area is 86.9 Å². The van der Waals surface area contributed by atoms with E-state index in [-0.39, 0.29) is 11.8 Å². The van der Waals surface area contributed by atoms with E-state index in [9.17, 15) is 0 Å². The number of phenols is 1. The summed E-state index contributed by atoms with van der Waals surface area (Å²) in [6, 6.07) is 6.80. The lowest BCUT2D eigenvalue weighted by atomic mass is 10.0. The average Bonchev–Trinajstić information content (AvgIpc) is 2.74. The van der Waals surface area contributed by atoms with Gasteiger partial charge in [-0.05, 0) is 24.1 Å². The van der Waals surface area contributed by atoms with Gasteiger partial charge in [0.15, 0.2) is 0 Å². The van der Waals surface area contributed by atoms with Crippen LogP contribution >= 0.6 is 0 Å². The van der Waals surface area contributed by atoms with Gasteiger partial charge in [-0.3, -0.25) is 0 Å². The number of hydrogen-bond acceptors (Lipinski definition) is 4. The lowest BCUT2D eigenvalue weighted by Gasteiger charge is -2.07. The number of hydrogen-bond donors (Lipinski definition) is 3. The molecule has 0 fully saturated rings. The second-order valence-electron chi connectivity index (χ2n) is 3.37. The van der Waals surface area contributed by atoms with Crippen molar-refractivity contribution in [1.82, 2.24) is 15.4 Å². The van der Waals surface area contributed by atoms with Crippen LogP contribution in [0.4, 0.5) is 0 Å². The molecular formula is C10H12N4O. The van der Waals surface area contributed by atoms with E-state index in [4.69, 9.17) is 10.8 Å². The van der Waals surface area contributed by atoms with Gasteiger partial charge in [0.2, 0.25) is 0 Å². The van der Waals surface area contributed by atoms with Crippen LogP contribution in [-0.2, 0) is 6.42 Å². The molecule has 1 heterocycles. The fourth-order valence-corrected chi connectivity index (χ4v) is 1.38. The van der Waals surface area contributed by atoms with Gasteiger partial charge in [0.25, 0.3) is 0 Å². The number of nitrogens with one attached hydrogen (secondary N) is 1. The van der Waals surface area contributed by atoms with Gasteiger partial charge in [-0.1, -0.05) is 12.1 Å². The molecule has 4 N–H and O–H groups in total. The van der Waals surface area contributed by atoms with Crippen molar-refractivity contribution in [2.24, 2.45) is 5.73 Å². The fraction of sp³-hybridized carbons (Fsp3) is 0.200. The predicted molar refractivity (Wildman–Crippen MR) is 55.1 cm³/mol. The molecule has 0 saturated heterocycles. The summed E-state index contributed by atoms with van der Waals surface area (Å²) in [7, 11) is 0. The largest absolute Gasteiger partial charge is 0.508 e. The number of aromatic amines is 1. The van der Waals surface area contributed by atoms with Crippen molar-refractivity contribution in [1.29, 1.82) is 0 Å². The molecule has 0 saturated carbocycles. The fourth-order valence-electron chi connectivity index (χ4n) is 1.38. The lowest BCUT2D eigenvalue weighted by Crippen LogP contribution is -2.13. The first-order valence-electron chi connectivity index (χ1n) is 4.65. The monoisotopic (exact) mass is 204 g/mol. The summed E-state index contributed by atoms with van der Waals surface area (Å²) < 4.78 is 0. The minimum atomic E-state index is -0.173. The van der Waals surface area contributed by atoms with Crippen LogP contribution in [0.2, 0.25) is 0 Å². The quantitative estimate of drug-likeness (QED) is 0.688. The third-order valence-corrected chi connectivity index (χ3v) is 2.21. The Bertz CT molecular complexity index is 409. The van der Waals surface area contributed by atoms with E-state index < -0.39 is 0 Å². The summed E-state index contributed by atoms with van der Waals surface area (Å²) in [5.74, 6) is 0.258. The summed E-state index contributed by atoms with van der Waals surface area (Å²) >= 11 is 0. The number of phenolic OH excluding ortho intramolecular Hbond substituents is 1. The van der Waals surface area contributed by atoms with Crippen molar-refractivity contribution in [3.63, 3.8) is 0 Å². The first-order chi connectivity index (χ1) is 7.25. The zero-order valence-corrected chi connectivity index (χ0v) is 8.09. The second-order valence-corrected chi connectivity index (χ2v) is 3.37. The molecule has 5 nitrogen and oxygen atoms in total. The lowest BCUT2D eigenvalue weighted by molar-refractivity contribution is 0.475. The number of benzene rings is 1. The molecule has 2 rings (SSSR count). The first-order valence-corrected chi connectivity index (χ1v) is 4.65. The van der Waals surface area contributed by atoms with E-state index in [0.29, 0.717) is 6.42 Å². The van der Waals surface area contributed by atoms with E-state index in [0.717, 1.165) is 11.3 Å². The Balaban J connectivity index is 2.06. The van der Waals surface area contributed by atoms with Crippen LogP contribution in [0.15, 0.2) is 30.5 Å². The standard InChI is InChI=1S/C10H12N4O/c11-9(10-6-12-14-13-10)5-7-1-3-8(15)4-2-7/h1-4,6,9,15H,5,11H2,(H,12,13,14). The molecule has 2 aromatic rings. The highest BCUT2D eigenvalue weighted by atomic mass is 16.3. The molecule has 5 heteroatoms. The molecule has 0 aliphatic rings. The van der Waals surface area contributed by atoms with Crippen molar-refractivity contribution >= 4 is 0 Å². The number of rotatable bonds is 3. The van der Waals surface area contributed by atoms with Crippen molar-refractivity contribution in [2.45, 2.75) is 12.5 Å². The SMILES string of the molecule is NC(Cc1ccc(O)cc1)c1cn[nH]n1. The summed E-state index contributed by atoms with van der Waals surface area (Å²) in [6.45, 7) is 0. The number of aromatic nitrogens is 3. The maximum Gasteiger partial charge on any atom is 0.115 e. The molecule has 0 amide bonds. The molecule has 0 bridgehead atoms. The van der Waals surface area contributed by atoms with Crippen LogP contribution in [0.3, 0.4) is 0 Å². The van der Waals surface area contributed by atoms with Gasteiger partial charge in [-0.2, -0.15) is 15.4 Å². The van der Waals surface area contributed by atoms with Gasteiger partial charge in [0, 0.05) is 0 Å². The number of H-pyrrole nitrogens is 1. The molecule has 0 radical (unpaired) electrons. The maximum atomic E-state index is 9.12. The van der Waals surface area contributed by atoms with E-state index in [1.165, 1.54) is 0 Å². The number of aromatic hydroxyl groups is 1. The van der Waals surface area contributed by atoms with Crippen LogP contribution in [0.5, 0.6) is 5.75 Å². The summed E-state index contributed by atoms with van der Waals surface area (Å²) in [5, 5.41) is 19.3. The summed E-state index contributed by atoms with van der Waals surface area (Å²) in [5.41, 5.74) is 7.72. The third kappa shape index (κ3) is 2.32. The number of nitrogens with two attached hydrogens (primary N) is 1. The van der Waals surface area contributed by atoms with E-state index in [1.807, 2.05) is 12.1 Å². The van der Waals surface area contributed by atoms with Crippen LogP contribution in [0, 0.1) is 0 Å². The highest BCUT2D eigenvalue weighted by Gasteiger charge is 2.09. The smallest absolute Gasteiger partial charge is 0.115 e. The Hall–Kier alpha value is -1.88. The van der Waals surface area contributed by atoms with E-state index in [2.05, 4.69) is 15.4 Å². The van der Waals surface area contributed by atoms with Gasteiger partial charge < -0.3 is 10.8 Å². The van der Waals surface area contributed by atoms with E-state index >= 15 is 0 Å². The van der Waals surface area contributed by atoms with E-state index in [1.54, 1.807) is 18.3 Å². The van der Waals surface area contributed by atoms with Crippen LogP contribution in [-0.4, -0.2) is 20.5 Å². The molecule has 0 aliphatic carbocycles. The molecule has 0 aliphatic heterocycles. The average molecular weight is 204 g/mol.